The molecule has 7 heteroatoms. The highest BCUT2D eigenvalue weighted by Crippen LogP contribution is 2.39. The summed E-state index contributed by atoms with van der Waals surface area (Å²) in [5.41, 5.74) is 0.841. The molecule has 0 spiro atoms. The highest BCUT2D eigenvalue weighted by atomic mass is 16.8. The van der Waals surface area contributed by atoms with E-state index in [0.717, 1.165) is 0 Å². The summed E-state index contributed by atoms with van der Waals surface area (Å²) >= 11 is 0. The molecule has 0 aromatic heterocycles. The Morgan fingerprint density at radius 2 is 1.67 bits per heavy atom. The number of carbonyl (C=O) groups excluding carboxylic acids is 2. The minimum Gasteiger partial charge on any atom is -0.353 e. The molecule has 0 N–H and O–H groups in total. The van der Waals surface area contributed by atoms with E-state index in [-0.39, 0.29) is 24.5 Å². The van der Waals surface area contributed by atoms with Gasteiger partial charge in [-0.15, -0.1) is 0 Å². The lowest BCUT2D eigenvalue weighted by Gasteiger charge is -2.25. The Bertz CT molecular complexity index is 667. The molecule has 2 fully saturated rings. The van der Waals surface area contributed by atoms with E-state index in [2.05, 4.69) is 0 Å². The van der Waals surface area contributed by atoms with E-state index in [0.29, 0.717) is 11.1 Å². The number of imide groups is 1. The Hall–Kier alpha value is -1.80. The highest BCUT2D eigenvalue weighted by molar-refractivity contribution is 6.21. The number of hydrogen-bond acceptors (Lipinski definition) is 6. The smallest absolute Gasteiger partial charge is 0.261 e. The molecule has 7 nitrogen and oxygen atoms in total. The van der Waals surface area contributed by atoms with Gasteiger partial charge in [0, 0.05) is 7.11 Å². The zero-order valence-electron chi connectivity index (χ0n) is 13.7. The molecule has 0 aliphatic carbocycles. The van der Waals surface area contributed by atoms with Crippen LogP contribution in [-0.2, 0) is 18.9 Å². The second-order valence-corrected chi connectivity index (χ2v) is 6.61. The van der Waals surface area contributed by atoms with Gasteiger partial charge in [-0.1, -0.05) is 12.1 Å². The van der Waals surface area contributed by atoms with Gasteiger partial charge in [0.1, 0.15) is 18.3 Å². The first kappa shape index (κ1) is 15.7. The lowest BCUT2D eigenvalue weighted by atomic mass is 10.1. The number of amides is 2. The van der Waals surface area contributed by atoms with Gasteiger partial charge in [-0.2, -0.15) is 0 Å². The molecule has 0 radical (unpaired) electrons. The molecular formula is C17H19NO6. The van der Waals surface area contributed by atoms with E-state index in [1.807, 2.05) is 13.8 Å². The molecule has 3 heterocycles. The van der Waals surface area contributed by atoms with E-state index in [1.54, 1.807) is 24.3 Å². The fourth-order valence-corrected chi connectivity index (χ4v) is 3.56. The van der Waals surface area contributed by atoms with Gasteiger partial charge in [0.2, 0.25) is 0 Å². The molecule has 2 saturated heterocycles. The van der Waals surface area contributed by atoms with Gasteiger partial charge in [-0.25, -0.2) is 0 Å². The molecule has 1 aromatic rings. The zero-order chi connectivity index (χ0) is 17.1. The largest absolute Gasteiger partial charge is 0.353 e. The number of methoxy groups -OCH3 is 1. The fourth-order valence-electron chi connectivity index (χ4n) is 3.56. The molecule has 4 rings (SSSR count). The maximum atomic E-state index is 12.5. The molecule has 2 amide bonds. The van der Waals surface area contributed by atoms with Crippen LogP contribution >= 0.6 is 0 Å². The average Bonchev–Trinajstić information content (AvgIpc) is 3.12. The summed E-state index contributed by atoms with van der Waals surface area (Å²) in [6.07, 6.45) is -1.86. The van der Waals surface area contributed by atoms with Crippen LogP contribution in [0.2, 0.25) is 0 Å². The summed E-state index contributed by atoms with van der Waals surface area (Å²) in [7, 11) is 1.53. The predicted molar refractivity (Wildman–Crippen MR) is 81.3 cm³/mol. The molecule has 0 bridgehead atoms. The fraction of sp³-hybridized carbons (Fsp3) is 0.529. The van der Waals surface area contributed by atoms with Gasteiger partial charge in [-0.3, -0.25) is 14.5 Å². The number of fused-ring (bicyclic) bond motifs is 2. The van der Waals surface area contributed by atoms with Crippen LogP contribution in [0, 0.1) is 0 Å². The van der Waals surface area contributed by atoms with Crippen LogP contribution in [0.3, 0.4) is 0 Å². The van der Waals surface area contributed by atoms with E-state index >= 15 is 0 Å². The van der Waals surface area contributed by atoms with Crippen LogP contribution in [0.1, 0.15) is 34.6 Å². The zero-order valence-corrected chi connectivity index (χ0v) is 13.7. The van der Waals surface area contributed by atoms with Crippen LogP contribution in [-0.4, -0.2) is 60.8 Å². The Labute approximate surface area is 139 Å². The van der Waals surface area contributed by atoms with Crippen LogP contribution in [0.5, 0.6) is 0 Å². The third kappa shape index (κ3) is 2.28. The van der Waals surface area contributed by atoms with E-state index in [4.69, 9.17) is 18.9 Å². The van der Waals surface area contributed by atoms with Crippen molar-refractivity contribution in [2.24, 2.45) is 0 Å². The van der Waals surface area contributed by atoms with Crippen molar-refractivity contribution >= 4 is 11.8 Å². The quantitative estimate of drug-likeness (QED) is 0.773. The molecule has 0 saturated carbocycles. The van der Waals surface area contributed by atoms with Gasteiger partial charge in [0.15, 0.2) is 12.1 Å². The number of benzene rings is 1. The Kier molecular flexibility index (Phi) is 3.50. The summed E-state index contributed by atoms with van der Waals surface area (Å²) in [6.45, 7) is 3.74. The Morgan fingerprint density at radius 1 is 1.08 bits per heavy atom. The number of ether oxygens (including phenoxy) is 4. The predicted octanol–water partition coefficient (Wildman–Crippen LogP) is 1.17. The minimum atomic E-state index is -0.754. The summed E-state index contributed by atoms with van der Waals surface area (Å²) in [5, 5.41) is 0. The molecule has 128 valence electrons. The van der Waals surface area contributed by atoms with E-state index in [9.17, 15) is 9.59 Å². The first-order chi connectivity index (χ1) is 11.4. The van der Waals surface area contributed by atoms with Crippen LogP contribution < -0.4 is 0 Å². The van der Waals surface area contributed by atoms with Crippen molar-refractivity contribution in [3.8, 4) is 0 Å². The molecule has 3 aliphatic rings. The van der Waals surface area contributed by atoms with Crippen molar-refractivity contribution in [1.82, 2.24) is 4.90 Å². The van der Waals surface area contributed by atoms with Crippen molar-refractivity contribution in [3.05, 3.63) is 35.4 Å². The Balaban J connectivity index is 1.56. The van der Waals surface area contributed by atoms with Crippen LogP contribution in [0.15, 0.2) is 24.3 Å². The van der Waals surface area contributed by atoms with Gasteiger partial charge in [0.25, 0.3) is 11.8 Å². The third-order valence-corrected chi connectivity index (χ3v) is 4.58. The second kappa shape index (κ2) is 5.35. The van der Waals surface area contributed by atoms with Crippen molar-refractivity contribution in [3.63, 3.8) is 0 Å². The third-order valence-electron chi connectivity index (χ3n) is 4.58. The molecule has 1 aromatic carbocycles. The summed E-state index contributed by atoms with van der Waals surface area (Å²) < 4.78 is 22.8. The molecule has 4 atom stereocenters. The Morgan fingerprint density at radius 3 is 2.25 bits per heavy atom. The minimum absolute atomic E-state index is 0.104. The summed E-state index contributed by atoms with van der Waals surface area (Å²) in [6, 6.07) is 6.80. The topological polar surface area (TPSA) is 74.3 Å². The van der Waals surface area contributed by atoms with Crippen LogP contribution in [0.4, 0.5) is 0 Å². The first-order valence-corrected chi connectivity index (χ1v) is 7.90. The number of carbonyl (C=O) groups is 2. The first-order valence-electron chi connectivity index (χ1n) is 7.90. The maximum Gasteiger partial charge on any atom is 0.261 e. The summed E-state index contributed by atoms with van der Waals surface area (Å²) in [4.78, 5) is 26.2. The molecule has 1 unspecified atom stereocenters. The molecule has 24 heavy (non-hydrogen) atoms. The van der Waals surface area contributed by atoms with Crippen LogP contribution in [0.25, 0.3) is 0 Å². The van der Waals surface area contributed by atoms with Crippen molar-refractivity contribution in [2.45, 2.75) is 44.2 Å². The van der Waals surface area contributed by atoms with Gasteiger partial charge in [-0.05, 0) is 26.0 Å². The number of rotatable bonds is 3. The van der Waals surface area contributed by atoms with Crippen molar-refractivity contribution < 1.29 is 28.5 Å². The number of nitrogens with zero attached hydrogens (tertiary/aromatic N) is 1. The van der Waals surface area contributed by atoms with Gasteiger partial charge >= 0.3 is 0 Å². The second-order valence-electron chi connectivity index (χ2n) is 6.61. The normalized spacial score (nSPS) is 33.9. The van der Waals surface area contributed by atoms with E-state index < -0.39 is 24.3 Å². The monoisotopic (exact) mass is 333 g/mol. The van der Waals surface area contributed by atoms with Gasteiger partial charge in [0.05, 0.1) is 17.7 Å². The molecule has 3 aliphatic heterocycles. The number of hydrogen-bond donors (Lipinski definition) is 0. The lowest BCUT2D eigenvalue weighted by Crippen LogP contribution is -2.42. The average molecular weight is 333 g/mol. The summed E-state index contributed by atoms with van der Waals surface area (Å²) in [5.74, 6) is -1.37. The van der Waals surface area contributed by atoms with Crippen molar-refractivity contribution in [2.75, 3.05) is 13.7 Å². The van der Waals surface area contributed by atoms with E-state index in [1.165, 1.54) is 12.0 Å². The standard InChI is InChI=1S/C17H19NO6/c1-17(2)23-12-11(22-16(21-3)13(12)24-17)8-18-14(19)9-6-4-5-7-10(9)15(18)20/h4-7,11-13,16H,8H2,1-3H3/t11-,12-,13-,16?/m1/s1. The maximum absolute atomic E-state index is 12.5. The van der Waals surface area contributed by atoms with Gasteiger partial charge < -0.3 is 18.9 Å². The highest BCUT2D eigenvalue weighted by Gasteiger charge is 2.56. The van der Waals surface area contributed by atoms with Crippen molar-refractivity contribution in [1.29, 1.82) is 0 Å². The lowest BCUT2D eigenvalue weighted by molar-refractivity contribution is -0.227. The molecular weight excluding hydrogens is 314 g/mol. The SMILES string of the molecule is COC1O[C@H](CN2C(=O)c3ccccc3C2=O)[C@H]2OC(C)(C)O[C@@H]12.